The monoisotopic (exact) mass is 272 g/mol. The third kappa shape index (κ3) is 2.95. The maximum absolute atomic E-state index is 4.97. The van der Waals surface area contributed by atoms with Gasteiger partial charge in [-0.1, -0.05) is 32.0 Å². The molecular formula is C13H24N2S2. The van der Waals surface area contributed by atoms with E-state index in [0.717, 1.165) is 5.25 Å². The van der Waals surface area contributed by atoms with E-state index in [1.54, 1.807) is 0 Å². The highest BCUT2D eigenvalue weighted by atomic mass is 32.2. The standard InChI is InChI=1S/C13H24N2S2/c1-4-13(5-2)9-17-12(15-13)14-10-7-6-8-11(10)16-3/h10-11H,4-9H2,1-3H3,(H,14,15). The molecule has 0 radical (unpaired) electrons. The van der Waals surface area contributed by atoms with Crippen molar-refractivity contribution in [3.05, 3.63) is 0 Å². The summed E-state index contributed by atoms with van der Waals surface area (Å²) in [5.41, 5.74) is 0.316. The van der Waals surface area contributed by atoms with Crippen LogP contribution in [0, 0.1) is 0 Å². The zero-order valence-electron chi connectivity index (χ0n) is 11.2. The van der Waals surface area contributed by atoms with Gasteiger partial charge in [0, 0.05) is 16.5 Å². The van der Waals surface area contributed by atoms with E-state index in [1.165, 1.54) is 43.0 Å². The second kappa shape index (κ2) is 5.87. The third-order valence-corrected chi connectivity index (χ3v) is 6.55. The Morgan fingerprint density at radius 3 is 2.76 bits per heavy atom. The van der Waals surface area contributed by atoms with Crippen molar-refractivity contribution in [2.45, 2.75) is 62.8 Å². The van der Waals surface area contributed by atoms with E-state index < -0.39 is 0 Å². The van der Waals surface area contributed by atoms with Crippen LogP contribution in [-0.2, 0) is 0 Å². The van der Waals surface area contributed by atoms with Gasteiger partial charge in [0.1, 0.15) is 0 Å². The van der Waals surface area contributed by atoms with Gasteiger partial charge in [0.15, 0.2) is 5.17 Å². The molecule has 0 amide bonds. The van der Waals surface area contributed by atoms with Gasteiger partial charge >= 0.3 is 0 Å². The molecule has 2 nitrogen and oxygen atoms in total. The summed E-state index contributed by atoms with van der Waals surface area (Å²) in [5, 5.41) is 5.64. The number of amidine groups is 1. The molecule has 2 atom stereocenters. The van der Waals surface area contributed by atoms with Crippen LogP contribution in [0.5, 0.6) is 0 Å². The van der Waals surface area contributed by atoms with E-state index in [4.69, 9.17) is 4.99 Å². The van der Waals surface area contributed by atoms with Crippen LogP contribution in [0.25, 0.3) is 0 Å². The molecule has 0 aromatic heterocycles. The van der Waals surface area contributed by atoms with Crippen molar-refractivity contribution >= 4 is 28.7 Å². The van der Waals surface area contributed by atoms with Gasteiger partial charge in [0.25, 0.3) is 0 Å². The Bertz CT molecular complexity index is 287. The molecule has 1 heterocycles. The van der Waals surface area contributed by atoms with Gasteiger partial charge in [-0.15, -0.1) is 0 Å². The summed E-state index contributed by atoms with van der Waals surface area (Å²) in [6.45, 7) is 4.56. The van der Waals surface area contributed by atoms with Crippen LogP contribution < -0.4 is 5.32 Å². The lowest BCUT2D eigenvalue weighted by Gasteiger charge is -2.25. The van der Waals surface area contributed by atoms with E-state index in [2.05, 4.69) is 25.4 Å². The van der Waals surface area contributed by atoms with Gasteiger partial charge in [0.05, 0.1) is 6.04 Å². The fourth-order valence-electron chi connectivity index (χ4n) is 2.69. The largest absolute Gasteiger partial charge is 0.359 e. The molecule has 0 spiro atoms. The topological polar surface area (TPSA) is 24.4 Å². The fraction of sp³-hybridized carbons (Fsp3) is 0.923. The Morgan fingerprint density at radius 1 is 1.41 bits per heavy atom. The van der Waals surface area contributed by atoms with Crippen molar-refractivity contribution < 1.29 is 0 Å². The van der Waals surface area contributed by atoms with Gasteiger partial charge in [-0.3, -0.25) is 4.99 Å². The quantitative estimate of drug-likeness (QED) is 0.847. The van der Waals surface area contributed by atoms with E-state index in [9.17, 15) is 0 Å². The summed E-state index contributed by atoms with van der Waals surface area (Å²) >= 11 is 3.92. The number of nitrogens with zero attached hydrogens (tertiary/aromatic N) is 1. The lowest BCUT2D eigenvalue weighted by molar-refractivity contribution is 0.407. The molecule has 1 saturated carbocycles. The van der Waals surface area contributed by atoms with Crippen LogP contribution in [-0.4, -0.2) is 34.0 Å². The van der Waals surface area contributed by atoms with Crippen molar-refractivity contribution in [1.29, 1.82) is 0 Å². The number of hydrogen-bond donors (Lipinski definition) is 1. The van der Waals surface area contributed by atoms with Crippen LogP contribution in [0.3, 0.4) is 0 Å². The number of aliphatic imine (C=N–C) groups is 1. The molecule has 2 unspecified atom stereocenters. The number of hydrogen-bond acceptors (Lipinski definition) is 3. The maximum Gasteiger partial charge on any atom is 0.157 e. The smallest absolute Gasteiger partial charge is 0.157 e. The van der Waals surface area contributed by atoms with Crippen LogP contribution in [0.1, 0.15) is 46.0 Å². The normalized spacial score (nSPS) is 34.2. The van der Waals surface area contributed by atoms with Crippen LogP contribution >= 0.6 is 23.5 Å². The fourth-order valence-corrected chi connectivity index (χ4v) is 4.99. The average molecular weight is 272 g/mol. The van der Waals surface area contributed by atoms with Gasteiger partial charge in [-0.05, 0) is 31.9 Å². The Labute approximate surface area is 114 Å². The second-order valence-corrected chi connectivity index (χ2v) is 7.15. The molecule has 2 aliphatic rings. The maximum atomic E-state index is 4.97. The first kappa shape index (κ1) is 13.6. The molecule has 0 bridgehead atoms. The summed E-state index contributed by atoms with van der Waals surface area (Å²) in [6.07, 6.45) is 8.60. The highest BCUT2D eigenvalue weighted by Crippen LogP contribution is 2.34. The Morgan fingerprint density at radius 2 is 2.18 bits per heavy atom. The predicted octanol–water partition coefficient (Wildman–Crippen LogP) is 3.52. The minimum absolute atomic E-state index is 0.316. The first-order chi connectivity index (χ1) is 8.23. The highest BCUT2D eigenvalue weighted by molar-refractivity contribution is 8.14. The first-order valence-electron chi connectivity index (χ1n) is 6.74. The Kier molecular flexibility index (Phi) is 4.70. The minimum Gasteiger partial charge on any atom is -0.359 e. The van der Waals surface area contributed by atoms with Crippen LogP contribution in [0.2, 0.25) is 0 Å². The first-order valence-corrected chi connectivity index (χ1v) is 9.02. The third-order valence-electron chi connectivity index (χ3n) is 4.21. The lowest BCUT2D eigenvalue weighted by Crippen LogP contribution is -2.42. The van der Waals surface area contributed by atoms with Crippen molar-refractivity contribution in [3.8, 4) is 0 Å². The number of nitrogens with one attached hydrogen (secondary N) is 1. The molecule has 1 saturated heterocycles. The molecule has 98 valence electrons. The Hall–Kier alpha value is 0.170. The van der Waals surface area contributed by atoms with E-state index >= 15 is 0 Å². The van der Waals surface area contributed by atoms with E-state index in [0.29, 0.717) is 11.6 Å². The molecule has 0 aromatic carbocycles. The average Bonchev–Trinajstić information content (AvgIpc) is 2.97. The molecule has 2 fully saturated rings. The molecular weight excluding hydrogens is 248 g/mol. The lowest BCUT2D eigenvalue weighted by atomic mass is 9.96. The summed E-state index contributed by atoms with van der Waals surface area (Å²) in [7, 11) is 0. The van der Waals surface area contributed by atoms with E-state index in [1.807, 2.05) is 23.5 Å². The van der Waals surface area contributed by atoms with Gasteiger partial charge in [0.2, 0.25) is 0 Å². The zero-order chi connectivity index (χ0) is 12.3. The van der Waals surface area contributed by atoms with E-state index in [-0.39, 0.29) is 0 Å². The highest BCUT2D eigenvalue weighted by Gasteiger charge is 2.35. The summed E-state index contributed by atoms with van der Waals surface area (Å²) < 4.78 is 0. The summed E-state index contributed by atoms with van der Waals surface area (Å²) in [5.74, 6) is 1.19. The van der Waals surface area contributed by atoms with Crippen molar-refractivity contribution in [1.82, 2.24) is 5.32 Å². The summed E-state index contributed by atoms with van der Waals surface area (Å²) in [6, 6.07) is 0.560. The molecule has 1 aliphatic carbocycles. The van der Waals surface area contributed by atoms with Crippen molar-refractivity contribution in [2.75, 3.05) is 12.0 Å². The molecule has 1 aliphatic heterocycles. The zero-order valence-corrected chi connectivity index (χ0v) is 12.8. The van der Waals surface area contributed by atoms with Crippen LogP contribution in [0.4, 0.5) is 0 Å². The van der Waals surface area contributed by atoms with Gasteiger partial charge in [-0.25, -0.2) is 0 Å². The second-order valence-electron chi connectivity index (χ2n) is 5.11. The SMILES string of the molecule is CCC1(CC)CSC(=NC2CCCC2SC)N1. The number of thioether (sulfide) groups is 2. The molecule has 0 aromatic rings. The molecule has 17 heavy (non-hydrogen) atoms. The Balaban J connectivity index is 2.00. The molecule has 2 rings (SSSR count). The molecule has 4 heteroatoms. The predicted molar refractivity (Wildman–Crippen MR) is 81.3 cm³/mol. The van der Waals surface area contributed by atoms with Gasteiger partial charge in [-0.2, -0.15) is 11.8 Å². The number of rotatable bonds is 4. The minimum atomic E-state index is 0.316. The summed E-state index contributed by atoms with van der Waals surface area (Å²) in [4.78, 5) is 4.97. The van der Waals surface area contributed by atoms with Crippen molar-refractivity contribution in [2.24, 2.45) is 4.99 Å². The van der Waals surface area contributed by atoms with Crippen LogP contribution in [0.15, 0.2) is 4.99 Å². The van der Waals surface area contributed by atoms with Gasteiger partial charge < -0.3 is 5.32 Å². The van der Waals surface area contributed by atoms with Crippen molar-refractivity contribution in [3.63, 3.8) is 0 Å². The molecule has 1 N–H and O–H groups in total.